The Hall–Kier alpha value is -0.390. The third kappa shape index (κ3) is 3.09. The van der Waals surface area contributed by atoms with Crippen molar-refractivity contribution in [2.45, 2.75) is 25.9 Å². The number of alkyl halides is 1. The quantitative estimate of drug-likeness (QED) is 0.791. The number of aromatic nitrogens is 2. The van der Waals surface area contributed by atoms with E-state index >= 15 is 0 Å². The summed E-state index contributed by atoms with van der Waals surface area (Å²) < 4.78 is 7.50. The van der Waals surface area contributed by atoms with Crippen molar-refractivity contribution in [1.82, 2.24) is 14.7 Å². The van der Waals surface area contributed by atoms with Gasteiger partial charge in [0.1, 0.15) is 0 Å². The van der Waals surface area contributed by atoms with Crippen LogP contribution in [0.15, 0.2) is 6.07 Å². The monoisotopic (exact) mass is 301 g/mol. The lowest BCUT2D eigenvalue weighted by Gasteiger charge is -2.34. The molecule has 0 saturated carbocycles. The summed E-state index contributed by atoms with van der Waals surface area (Å²) in [6, 6.07) is 2.68. The van der Waals surface area contributed by atoms with E-state index in [-0.39, 0.29) is 0 Å². The summed E-state index contributed by atoms with van der Waals surface area (Å²) in [5.41, 5.74) is 2.46. The molecule has 0 radical (unpaired) electrons. The lowest BCUT2D eigenvalue weighted by molar-refractivity contribution is -0.00313. The molecule has 4 nitrogen and oxygen atoms in total. The van der Waals surface area contributed by atoms with E-state index in [9.17, 15) is 0 Å². The van der Waals surface area contributed by atoms with Crippen molar-refractivity contribution >= 4 is 15.9 Å². The summed E-state index contributed by atoms with van der Waals surface area (Å²) in [5, 5.41) is 5.46. The molecular weight excluding hydrogens is 282 g/mol. The highest BCUT2D eigenvalue weighted by Crippen LogP contribution is 2.14. The van der Waals surface area contributed by atoms with E-state index < -0.39 is 0 Å². The Bertz CT molecular complexity index is 367. The Morgan fingerprint density at radius 1 is 1.59 bits per heavy atom. The molecule has 1 unspecified atom stereocenters. The topological polar surface area (TPSA) is 30.3 Å². The van der Waals surface area contributed by atoms with E-state index in [4.69, 9.17) is 4.74 Å². The maximum absolute atomic E-state index is 5.50. The molecule has 96 valence electrons. The van der Waals surface area contributed by atoms with Gasteiger partial charge in [-0.15, -0.1) is 0 Å². The van der Waals surface area contributed by atoms with Gasteiger partial charge in [0, 0.05) is 31.5 Å². The molecule has 0 spiro atoms. The number of halogens is 1. The van der Waals surface area contributed by atoms with Gasteiger partial charge in [-0.2, -0.15) is 5.10 Å². The fourth-order valence-electron chi connectivity index (χ4n) is 2.14. The van der Waals surface area contributed by atoms with E-state index in [1.165, 1.54) is 11.4 Å². The number of hydrogen-bond donors (Lipinski definition) is 0. The van der Waals surface area contributed by atoms with Gasteiger partial charge in [-0.05, 0) is 12.5 Å². The minimum Gasteiger partial charge on any atom is -0.378 e. The van der Waals surface area contributed by atoms with Crippen LogP contribution in [0.5, 0.6) is 0 Å². The molecule has 1 atom stereocenters. The Kier molecular flexibility index (Phi) is 4.59. The van der Waals surface area contributed by atoms with Crippen molar-refractivity contribution in [1.29, 1.82) is 0 Å². The predicted molar refractivity (Wildman–Crippen MR) is 71.4 cm³/mol. The summed E-state index contributed by atoms with van der Waals surface area (Å²) >= 11 is 3.56. The van der Waals surface area contributed by atoms with Crippen LogP contribution in [0, 0.1) is 0 Å². The highest BCUT2D eigenvalue weighted by molar-refractivity contribution is 9.09. The molecule has 0 aromatic carbocycles. The van der Waals surface area contributed by atoms with Crippen molar-refractivity contribution in [3.05, 3.63) is 17.5 Å². The van der Waals surface area contributed by atoms with Crippen molar-refractivity contribution in [2.75, 3.05) is 25.1 Å². The number of ether oxygens (including phenoxy) is 1. The van der Waals surface area contributed by atoms with Crippen LogP contribution in [0.2, 0.25) is 0 Å². The van der Waals surface area contributed by atoms with Gasteiger partial charge < -0.3 is 4.74 Å². The van der Waals surface area contributed by atoms with Crippen LogP contribution in [0.3, 0.4) is 0 Å². The van der Waals surface area contributed by atoms with Gasteiger partial charge in [-0.25, -0.2) is 0 Å². The van der Waals surface area contributed by atoms with Crippen molar-refractivity contribution in [2.24, 2.45) is 7.05 Å². The molecule has 1 aliphatic heterocycles. The largest absolute Gasteiger partial charge is 0.378 e. The van der Waals surface area contributed by atoms with E-state index in [2.05, 4.69) is 38.9 Å². The highest BCUT2D eigenvalue weighted by atomic mass is 79.9. The molecule has 17 heavy (non-hydrogen) atoms. The predicted octanol–water partition coefficient (Wildman–Crippen LogP) is 1.58. The summed E-state index contributed by atoms with van der Waals surface area (Å²) in [5.74, 6) is 0. The van der Waals surface area contributed by atoms with Crippen LogP contribution in [-0.4, -0.2) is 45.8 Å². The van der Waals surface area contributed by atoms with Crippen LogP contribution in [0.1, 0.15) is 18.3 Å². The first-order valence-corrected chi connectivity index (χ1v) is 7.26. The molecule has 0 N–H and O–H groups in total. The zero-order valence-electron chi connectivity index (χ0n) is 10.5. The average molecular weight is 302 g/mol. The Morgan fingerprint density at radius 2 is 2.41 bits per heavy atom. The van der Waals surface area contributed by atoms with Gasteiger partial charge in [0.25, 0.3) is 0 Å². The zero-order valence-corrected chi connectivity index (χ0v) is 12.1. The summed E-state index contributed by atoms with van der Waals surface area (Å²) in [6.45, 7) is 5.76. The Labute approximate surface area is 111 Å². The average Bonchev–Trinajstić information content (AvgIpc) is 2.71. The second kappa shape index (κ2) is 5.98. The molecule has 1 aromatic heterocycles. The van der Waals surface area contributed by atoms with Crippen molar-refractivity contribution < 1.29 is 4.74 Å². The molecule has 0 bridgehead atoms. The zero-order chi connectivity index (χ0) is 12.3. The highest BCUT2D eigenvalue weighted by Gasteiger charge is 2.22. The lowest BCUT2D eigenvalue weighted by Crippen LogP contribution is -2.46. The van der Waals surface area contributed by atoms with Crippen molar-refractivity contribution in [3.63, 3.8) is 0 Å². The van der Waals surface area contributed by atoms with Gasteiger partial charge in [-0.1, -0.05) is 22.9 Å². The second-order valence-electron chi connectivity index (χ2n) is 4.46. The first-order valence-electron chi connectivity index (χ1n) is 6.14. The first-order chi connectivity index (χ1) is 8.24. The summed E-state index contributed by atoms with van der Waals surface area (Å²) in [4.78, 5) is 2.47. The maximum atomic E-state index is 5.50. The van der Waals surface area contributed by atoms with Crippen LogP contribution >= 0.6 is 15.9 Å². The third-order valence-corrected chi connectivity index (χ3v) is 4.03. The number of nitrogens with zero attached hydrogens (tertiary/aromatic N) is 3. The molecule has 5 heteroatoms. The molecule has 1 fully saturated rings. The molecular formula is C12H20BrN3O. The molecule has 0 amide bonds. The van der Waals surface area contributed by atoms with Crippen LogP contribution in [-0.2, 0) is 24.8 Å². The van der Waals surface area contributed by atoms with Crippen molar-refractivity contribution in [3.8, 4) is 0 Å². The molecule has 2 heterocycles. The van der Waals surface area contributed by atoms with Gasteiger partial charge in [0.2, 0.25) is 0 Å². The maximum Gasteiger partial charge on any atom is 0.0630 e. The molecule has 1 aliphatic rings. The fourth-order valence-corrected chi connectivity index (χ4v) is 2.74. The standard InChI is InChI=1S/C12H20BrN3O/c1-3-10-6-11(15(2)14-10)8-16-4-5-17-9-12(16)7-13/h6,12H,3-5,7-9H2,1-2H3. The Morgan fingerprint density at radius 3 is 3.06 bits per heavy atom. The van der Waals surface area contributed by atoms with E-state index in [0.29, 0.717) is 6.04 Å². The number of aryl methyl sites for hydroxylation is 2. The van der Waals surface area contributed by atoms with E-state index in [1.54, 1.807) is 0 Å². The minimum atomic E-state index is 0.476. The molecule has 0 aliphatic carbocycles. The second-order valence-corrected chi connectivity index (χ2v) is 5.11. The normalized spacial score (nSPS) is 21.9. The molecule has 2 rings (SSSR count). The van der Waals surface area contributed by atoms with Gasteiger partial charge in [-0.3, -0.25) is 9.58 Å². The molecule has 1 saturated heterocycles. The summed E-state index contributed by atoms with van der Waals surface area (Å²) in [7, 11) is 2.03. The van der Waals surface area contributed by atoms with Gasteiger partial charge in [0.05, 0.1) is 24.6 Å². The van der Waals surface area contributed by atoms with Gasteiger partial charge in [0.15, 0.2) is 0 Å². The van der Waals surface area contributed by atoms with E-state index in [1.807, 2.05) is 11.7 Å². The number of morpholine rings is 1. The summed E-state index contributed by atoms with van der Waals surface area (Å²) in [6.07, 6.45) is 0.999. The van der Waals surface area contributed by atoms with Crippen LogP contribution in [0.25, 0.3) is 0 Å². The van der Waals surface area contributed by atoms with Crippen LogP contribution in [0.4, 0.5) is 0 Å². The Balaban J connectivity index is 2.05. The number of hydrogen-bond acceptors (Lipinski definition) is 3. The van der Waals surface area contributed by atoms with Gasteiger partial charge >= 0.3 is 0 Å². The first kappa shape index (κ1) is 13.1. The lowest BCUT2D eigenvalue weighted by atomic mass is 10.2. The minimum absolute atomic E-state index is 0.476. The fraction of sp³-hybridized carbons (Fsp3) is 0.750. The number of rotatable bonds is 4. The van der Waals surface area contributed by atoms with Crippen LogP contribution < -0.4 is 0 Å². The SMILES string of the molecule is CCc1cc(CN2CCOCC2CBr)n(C)n1. The third-order valence-electron chi connectivity index (χ3n) is 3.28. The smallest absolute Gasteiger partial charge is 0.0630 e. The van der Waals surface area contributed by atoms with E-state index in [0.717, 1.165) is 38.1 Å². The molecule has 1 aromatic rings.